The van der Waals surface area contributed by atoms with Crippen LogP contribution >= 0.6 is 0 Å². The predicted octanol–water partition coefficient (Wildman–Crippen LogP) is 2.86. The highest BCUT2D eigenvalue weighted by atomic mass is 16.2. The minimum absolute atomic E-state index is 0.0113. The first-order chi connectivity index (χ1) is 13.5. The lowest BCUT2D eigenvalue weighted by Gasteiger charge is -2.36. The van der Waals surface area contributed by atoms with E-state index in [1.54, 1.807) is 4.90 Å². The molecule has 0 spiro atoms. The van der Waals surface area contributed by atoms with E-state index in [9.17, 15) is 14.4 Å². The highest BCUT2D eigenvalue weighted by molar-refractivity contribution is 5.92. The maximum Gasteiger partial charge on any atom is 0.227 e. The van der Waals surface area contributed by atoms with Gasteiger partial charge in [-0.25, -0.2) is 0 Å². The van der Waals surface area contributed by atoms with Crippen LogP contribution in [0.15, 0.2) is 24.3 Å². The number of carbonyl (C=O) groups is 3. The average Bonchev–Trinajstić information content (AvgIpc) is 2.73. The summed E-state index contributed by atoms with van der Waals surface area (Å²) in [6.07, 6.45) is 3.87. The van der Waals surface area contributed by atoms with E-state index in [-0.39, 0.29) is 23.7 Å². The van der Waals surface area contributed by atoms with E-state index in [1.165, 1.54) is 5.56 Å². The minimum atomic E-state index is -0.0271. The van der Waals surface area contributed by atoms with Crippen LogP contribution in [0.3, 0.4) is 0 Å². The number of carbonyl (C=O) groups excluding carboxylic acids is 3. The maximum atomic E-state index is 12.7. The molecule has 1 aromatic carbocycles. The number of rotatable bonds is 5. The van der Waals surface area contributed by atoms with Crippen LogP contribution < -0.4 is 5.32 Å². The van der Waals surface area contributed by atoms with Gasteiger partial charge in [0.25, 0.3) is 0 Å². The average molecular weight is 386 g/mol. The number of amides is 3. The number of piperazine rings is 1. The molecule has 1 heterocycles. The van der Waals surface area contributed by atoms with Crippen molar-refractivity contribution in [1.29, 1.82) is 0 Å². The molecule has 0 aromatic heterocycles. The summed E-state index contributed by atoms with van der Waals surface area (Å²) in [5.41, 5.74) is 2.09. The second-order valence-corrected chi connectivity index (χ2v) is 8.28. The third-order valence-electron chi connectivity index (χ3n) is 6.07. The number of hydrogen-bond donors (Lipinski definition) is 1. The predicted molar refractivity (Wildman–Crippen MR) is 109 cm³/mol. The first-order valence-corrected chi connectivity index (χ1v) is 10.4. The Morgan fingerprint density at radius 3 is 2.07 bits per heavy atom. The molecular weight excluding hydrogens is 354 g/mol. The van der Waals surface area contributed by atoms with Crippen LogP contribution in [0.5, 0.6) is 0 Å². The van der Waals surface area contributed by atoms with Crippen LogP contribution in [0.25, 0.3) is 0 Å². The van der Waals surface area contributed by atoms with Gasteiger partial charge in [-0.2, -0.15) is 0 Å². The molecule has 6 heteroatoms. The summed E-state index contributed by atoms with van der Waals surface area (Å²) < 4.78 is 0. The summed E-state index contributed by atoms with van der Waals surface area (Å²) in [5.74, 6) is 0.702. The molecule has 3 amide bonds. The third-order valence-corrected chi connectivity index (χ3v) is 6.07. The lowest BCUT2D eigenvalue weighted by molar-refractivity contribution is -0.140. The molecule has 0 unspecified atom stereocenters. The molecule has 2 fully saturated rings. The van der Waals surface area contributed by atoms with E-state index < -0.39 is 0 Å². The smallest absolute Gasteiger partial charge is 0.227 e. The molecule has 1 N–H and O–H groups in total. The Labute approximate surface area is 167 Å². The van der Waals surface area contributed by atoms with Crippen molar-refractivity contribution in [3.05, 3.63) is 29.8 Å². The highest BCUT2D eigenvalue weighted by Crippen LogP contribution is 2.31. The number of anilines is 1. The number of nitrogens with one attached hydrogen (secondary N) is 1. The van der Waals surface area contributed by atoms with Gasteiger partial charge < -0.3 is 15.1 Å². The molecule has 1 aliphatic carbocycles. The molecule has 0 radical (unpaired) electrons. The van der Waals surface area contributed by atoms with E-state index in [0.29, 0.717) is 32.1 Å². The molecular formula is C22H31N3O3. The van der Waals surface area contributed by atoms with Crippen molar-refractivity contribution in [2.75, 3.05) is 31.5 Å². The van der Waals surface area contributed by atoms with Crippen LogP contribution in [0.4, 0.5) is 5.69 Å². The molecule has 1 aromatic rings. The Hall–Kier alpha value is -2.37. The van der Waals surface area contributed by atoms with Gasteiger partial charge in [0, 0.05) is 43.7 Å². The van der Waals surface area contributed by atoms with Crippen molar-refractivity contribution in [1.82, 2.24) is 9.80 Å². The van der Waals surface area contributed by atoms with E-state index in [4.69, 9.17) is 0 Å². The van der Waals surface area contributed by atoms with Crippen LogP contribution in [0, 0.1) is 11.8 Å². The normalized spacial score (nSPS) is 22.8. The van der Waals surface area contributed by atoms with Crippen LogP contribution in [0.2, 0.25) is 0 Å². The largest absolute Gasteiger partial charge is 0.342 e. The molecule has 6 nitrogen and oxygen atoms in total. The number of benzene rings is 1. The van der Waals surface area contributed by atoms with Crippen molar-refractivity contribution in [2.45, 2.75) is 45.4 Å². The van der Waals surface area contributed by atoms with E-state index in [0.717, 1.165) is 37.8 Å². The van der Waals surface area contributed by atoms with Gasteiger partial charge in [-0.3, -0.25) is 14.4 Å². The Kier molecular flexibility index (Phi) is 6.70. The Balaban J connectivity index is 1.46. The van der Waals surface area contributed by atoms with Crippen molar-refractivity contribution >= 4 is 23.9 Å². The highest BCUT2D eigenvalue weighted by Gasteiger charge is 2.33. The second-order valence-electron chi connectivity index (χ2n) is 8.28. The Bertz CT molecular complexity index is 685. The van der Waals surface area contributed by atoms with Gasteiger partial charge >= 0.3 is 0 Å². The van der Waals surface area contributed by atoms with Crippen molar-refractivity contribution in [2.24, 2.45) is 11.8 Å². The Morgan fingerprint density at radius 1 is 0.964 bits per heavy atom. The maximum absolute atomic E-state index is 12.7. The molecule has 3 rings (SSSR count). The van der Waals surface area contributed by atoms with Gasteiger partial charge in [-0.15, -0.1) is 0 Å². The lowest BCUT2D eigenvalue weighted by Crippen LogP contribution is -2.50. The zero-order chi connectivity index (χ0) is 20.1. The SMILES string of the molecule is CC(C)c1ccc(NC(=O)C2CCC(C(=O)N3CCN(C=O)CC3)CC2)cc1. The van der Waals surface area contributed by atoms with E-state index in [1.807, 2.05) is 17.0 Å². The number of nitrogens with zero attached hydrogens (tertiary/aromatic N) is 2. The van der Waals surface area contributed by atoms with Gasteiger partial charge in [0.1, 0.15) is 0 Å². The van der Waals surface area contributed by atoms with Crippen LogP contribution in [0.1, 0.15) is 51.0 Å². The summed E-state index contributed by atoms with van der Waals surface area (Å²) in [7, 11) is 0. The van der Waals surface area contributed by atoms with Gasteiger partial charge in [-0.05, 0) is 49.3 Å². The standard InChI is InChI=1S/C22H31N3O3/c1-16(2)17-7-9-20(10-8-17)23-21(27)18-3-5-19(6-4-18)22(28)25-13-11-24(15-26)12-14-25/h7-10,15-16,18-19H,3-6,11-14H2,1-2H3,(H,23,27). The minimum Gasteiger partial charge on any atom is -0.342 e. The van der Waals surface area contributed by atoms with Crippen LogP contribution in [-0.2, 0) is 14.4 Å². The molecule has 1 saturated carbocycles. The van der Waals surface area contributed by atoms with Crippen molar-refractivity contribution in [3.8, 4) is 0 Å². The summed E-state index contributed by atoms with van der Waals surface area (Å²) in [5, 5.41) is 3.02. The lowest BCUT2D eigenvalue weighted by atomic mass is 9.80. The molecule has 2 aliphatic rings. The van der Waals surface area contributed by atoms with Gasteiger partial charge in [0.05, 0.1) is 0 Å². The van der Waals surface area contributed by atoms with E-state index >= 15 is 0 Å². The second kappa shape index (κ2) is 9.22. The summed E-state index contributed by atoms with van der Waals surface area (Å²) in [6, 6.07) is 8.03. The van der Waals surface area contributed by atoms with Gasteiger partial charge in [0.2, 0.25) is 18.2 Å². The molecule has 28 heavy (non-hydrogen) atoms. The summed E-state index contributed by atoms with van der Waals surface area (Å²) in [4.78, 5) is 39.7. The summed E-state index contributed by atoms with van der Waals surface area (Å²) in [6.45, 7) is 6.75. The van der Waals surface area contributed by atoms with Crippen LogP contribution in [-0.4, -0.2) is 54.2 Å². The van der Waals surface area contributed by atoms with Gasteiger partial charge in [0.15, 0.2) is 0 Å². The first-order valence-electron chi connectivity index (χ1n) is 10.4. The quantitative estimate of drug-likeness (QED) is 0.793. The zero-order valence-corrected chi connectivity index (χ0v) is 16.9. The van der Waals surface area contributed by atoms with E-state index in [2.05, 4.69) is 31.3 Å². The Morgan fingerprint density at radius 2 is 1.54 bits per heavy atom. The molecule has 1 aliphatic heterocycles. The fourth-order valence-electron chi connectivity index (χ4n) is 4.10. The molecule has 1 saturated heterocycles. The fourth-order valence-corrected chi connectivity index (χ4v) is 4.10. The van der Waals surface area contributed by atoms with Crippen molar-refractivity contribution in [3.63, 3.8) is 0 Å². The zero-order valence-electron chi connectivity index (χ0n) is 16.9. The first kappa shape index (κ1) is 20.4. The molecule has 152 valence electrons. The molecule has 0 bridgehead atoms. The van der Waals surface area contributed by atoms with Crippen molar-refractivity contribution < 1.29 is 14.4 Å². The van der Waals surface area contributed by atoms with Gasteiger partial charge in [-0.1, -0.05) is 26.0 Å². The topological polar surface area (TPSA) is 69.7 Å². The molecule has 0 atom stereocenters. The monoisotopic (exact) mass is 385 g/mol. The number of hydrogen-bond acceptors (Lipinski definition) is 3. The third kappa shape index (κ3) is 4.91. The summed E-state index contributed by atoms with van der Waals surface area (Å²) >= 11 is 0. The fraction of sp³-hybridized carbons (Fsp3) is 0.591.